The highest BCUT2D eigenvalue weighted by molar-refractivity contribution is 6.70. The maximum atomic E-state index is 11.0. The molecule has 1 rings (SSSR count). The van der Waals surface area contributed by atoms with Crippen molar-refractivity contribution in [3.05, 3.63) is 0 Å². The van der Waals surface area contributed by atoms with E-state index in [1.807, 2.05) is 0 Å². The number of hydrogen-bond donors (Lipinski definition) is 0. The Labute approximate surface area is 83.4 Å². The van der Waals surface area contributed by atoms with E-state index in [4.69, 9.17) is 23.2 Å². The minimum absolute atomic E-state index is 0.157. The van der Waals surface area contributed by atoms with E-state index in [1.165, 1.54) is 0 Å². The summed E-state index contributed by atoms with van der Waals surface area (Å²) in [5, 5.41) is -0.392. The van der Waals surface area contributed by atoms with Crippen molar-refractivity contribution in [3.63, 3.8) is 0 Å². The van der Waals surface area contributed by atoms with Gasteiger partial charge in [0.15, 0.2) is 0 Å². The Morgan fingerprint density at radius 2 is 1.92 bits per heavy atom. The van der Waals surface area contributed by atoms with Crippen molar-refractivity contribution in [2.24, 2.45) is 5.41 Å². The van der Waals surface area contributed by atoms with Crippen LogP contribution in [0.15, 0.2) is 0 Å². The summed E-state index contributed by atoms with van der Waals surface area (Å²) in [5.41, 5.74) is 0.157. The van der Waals surface area contributed by atoms with E-state index >= 15 is 0 Å². The first-order valence-electron chi connectivity index (χ1n) is 4.25. The third kappa shape index (κ3) is 2.14. The van der Waals surface area contributed by atoms with Crippen LogP contribution >= 0.6 is 23.2 Å². The van der Waals surface area contributed by atoms with Gasteiger partial charge in [0.25, 0.3) is 0 Å². The first-order valence-corrected chi connectivity index (χ1v) is 5.00. The van der Waals surface area contributed by atoms with Crippen molar-refractivity contribution in [1.82, 2.24) is 0 Å². The zero-order valence-corrected chi connectivity index (χ0v) is 9.00. The fourth-order valence-corrected chi connectivity index (χ4v) is 2.61. The Morgan fingerprint density at radius 1 is 1.33 bits per heavy atom. The van der Waals surface area contributed by atoms with E-state index in [0.717, 1.165) is 19.3 Å². The van der Waals surface area contributed by atoms with Crippen LogP contribution in [0.4, 0.5) is 0 Å². The van der Waals surface area contributed by atoms with Crippen molar-refractivity contribution in [1.29, 1.82) is 0 Å². The fraction of sp³-hybridized carbons (Fsp3) is 0.889. The molecule has 0 saturated heterocycles. The molecule has 1 aliphatic rings. The number of carbonyl (C=O) groups is 1. The van der Waals surface area contributed by atoms with Crippen LogP contribution in [0.3, 0.4) is 0 Å². The van der Waals surface area contributed by atoms with Gasteiger partial charge >= 0.3 is 0 Å². The lowest BCUT2D eigenvalue weighted by Crippen LogP contribution is -2.38. The molecule has 1 unspecified atom stereocenters. The van der Waals surface area contributed by atoms with Crippen LogP contribution < -0.4 is 0 Å². The molecule has 0 aromatic rings. The van der Waals surface area contributed by atoms with Crippen LogP contribution in [0, 0.1) is 5.41 Å². The van der Waals surface area contributed by atoms with Gasteiger partial charge in [-0.1, -0.05) is 20.3 Å². The molecule has 1 fully saturated rings. The summed E-state index contributed by atoms with van der Waals surface area (Å²) in [7, 11) is 0. The summed E-state index contributed by atoms with van der Waals surface area (Å²) in [6.45, 7) is 4.26. The SMILES string of the molecule is CC1(C)CCCC(Cl)(C(=O)Cl)C1. The highest BCUT2D eigenvalue weighted by Crippen LogP contribution is 2.45. The van der Waals surface area contributed by atoms with E-state index in [0.29, 0.717) is 6.42 Å². The number of carbonyl (C=O) groups excluding carboxylic acids is 1. The van der Waals surface area contributed by atoms with E-state index in [2.05, 4.69) is 13.8 Å². The molecule has 0 N–H and O–H groups in total. The Hall–Kier alpha value is 0.250. The monoisotopic (exact) mass is 208 g/mol. The van der Waals surface area contributed by atoms with E-state index in [-0.39, 0.29) is 5.41 Å². The van der Waals surface area contributed by atoms with Crippen LogP contribution in [-0.4, -0.2) is 10.1 Å². The molecular weight excluding hydrogens is 195 g/mol. The Kier molecular flexibility index (Phi) is 2.75. The van der Waals surface area contributed by atoms with Crippen LogP contribution in [0.5, 0.6) is 0 Å². The second kappa shape index (κ2) is 3.19. The molecular formula is C9H14Cl2O. The highest BCUT2D eigenvalue weighted by Gasteiger charge is 2.43. The average molecular weight is 209 g/mol. The molecule has 0 aliphatic heterocycles. The molecule has 70 valence electrons. The topological polar surface area (TPSA) is 17.1 Å². The number of hydrogen-bond acceptors (Lipinski definition) is 1. The molecule has 1 nitrogen and oxygen atoms in total. The van der Waals surface area contributed by atoms with E-state index in [1.54, 1.807) is 0 Å². The minimum Gasteiger partial charge on any atom is -0.279 e. The summed E-state index contributed by atoms with van der Waals surface area (Å²) in [4.78, 5) is 10.3. The Morgan fingerprint density at radius 3 is 2.25 bits per heavy atom. The maximum Gasteiger partial charge on any atom is 0.242 e. The van der Waals surface area contributed by atoms with E-state index in [9.17, 15) is 4.79 Å². The molecule has 3 heteroatoms. The second-order valence-corrected chi connectivity index (χ2v) is 5.50. The second-order valence-electron chi connectivity index (χ2n) is 4.43. The molecule has 12 heavy (non-hydrogen) atoms. The molecule has 1 atom stereocenters. The molecule has 1 saturated carbocycles. The maximum absolute atomic E-state index is 11.0. The molecule has 1 aliphatic carbocycles. The van der Waals surface area contributed by atoms with Crippen molar-refractivity contribution in [3.8, 4) is 0 Å². The minimum atomic E-state index is -0.788. The summed E-state index contributed by atoms with van der Waals surface area (Å²) in [5.74, 6) is 0. The van der Waals surface area contributed by atoms with Gasteiger partial charge < -0.3 is 0 Å². The molecule has 0 radical (unpaired) electrons. The largest absolute Gasteiger partial charge is 0.279 e. The molecule has 0 amide bonds. The fourth-order valence-electron chi connectivity index (χ4n) is 1.95. The van der Waals surface area contributed by atoms with Gasteiger partial charge in [-0.2, -0.15) is 0 Å². The third-order valence-corrected chi connectivity index (χ3v) is 3.49. The Bertz CT molecular complexity index is 201. The number of alkyl halides is 1. The summed E-state index contributed by atoms with van der Waals surface area (Å²) >= 11 is 11.6. The van der Waals surface area contributed by atoms with Crippen molar-refractivity contribution < 1.29 is 4.79 Å². The van der Waals surface area contributed by atoms with Crippen LogP contribution in [-0.2, 0) is 4.79 Å². The predicted octanol–water partition coefficient (Wildman–Crippen LogP) is 3.33. The standard InChI is InChI=1S/C9H14Cl2O/c1-8(2)4-3-5-9(11,6-8)7(10)12/h3-6H2,1-2H3. The number of halogens is 2. The van der Waals surface area contributed by atoms with Crippen LogP contribution in [0.1, 0.15) is 39.5 Å². The van der Waals surface area contributed by atoms with Gasteiger partial charge in [0, 0.05) is 0 Å². The Balaban J connectivity index is 2.74. The van der Waals surface area contributed by atoms with Gasteiger partial charge in [-0.3, -0.25) is 4.79 Å². The summed E-state index contributed by atoms with van der Waals surface area (Å²) in [6, 6.07) is 0. The first kappa shape index (κ1) is 10.3. The molecule has 0 spiro atoms. The zero-order chi connectivity index (χ0) is 9.41. The smallest absolute Gasteiger partial charge is 0.242 e. The lowest BCUT2D eigenvalue weighted by atomic mass is 9.72. The average Bonchev–Trinajstić information content (AvgIpc) is 1.83. The summed E-state index contributed by atoms with van der Waals surface area (Å²) in [6.07, 6.45) is 3.55. The first-order chi connectivity index (χ1) is 5.36. The van der Waals surface area contributed by atoms with Crippen molar-refractivity contribution in [2.45, 2.75) is 44.4 Å². The molecule has 0 aromatic heterocycles. The molecule has 0 bridgehead atoms. The summed E-state index contributed by atoms with van der Waals surface area (Å²) < 4.78 is 0. The van der Waals surface area contributed by atoms with Crippen LogP contribution in [0.25, 0.3) is 0 Å². The van der Waals surface area contributed by atoms with Crippen molar-refractivity contribution in [2.75, 3.05) is 0 Å². The normalized spacial score (nSPS) is 34.7. The van der Waals surface area contributed by atoms with Gasteiger partial charge in [-0.05, 0) is 36.3 Å². The lowest BCUT2D eigenvalue weighted by Gasteiger charge is -2.38. The zero-order valence-electron chi connectivity index (χ0n) is 7.49. The van der Waals surface area contributed by atoms with Gasteiger partial charge in [0.1, 0.15) is 4.87 Å². The number of rotatable bonds is 1. The van der Waals surface area contributed by atoms with Crippen molar-refractivity contribution >= 4 is 28.4 Å². The third-order valence-electron chi connectivity index (χ3n) is 2.54. The van der Waals surface area contributed by atoms with Gasteiger partial charge in [0.2, 0.25) is 5.24 Å². The molecule has 0 aromatic carbocycles. The van der Waals surface area contributed by atoms with E-state index < -0.39 is 10.1 Å². The quantitative estimate of drug-likeness (QED) is 0.478. The predicted molar refractivity (Wildman–Crippen MR) is 51.7 cm³/mol. The van der Waals surface area contributed by atoms with Gasteiger partial charge in [-0.25, -0.2) is 0 Å². The lowest BCUT2D eigenvalue weighted by molar-refractivity contribution is -0.115. The molecule has 0 heterocycles. The van der Waals surface area contributed by atoms with Gasteiger partial charge in [0.05, 0.1) is 0 Å². The van der Waals surface area contributed by atoms with Crippen LogP contribution in [0.2, 0.25) is 0 Å². The highest BCUT2D eigenvalue weighted by atomic mass is 35.5. The van der Waals surface area contributed by atoms with Gasteiger partial charge in [-0.15, -0.1) is 11.6 Å².